The van der Waals surface area contributed by atoms with E-state index in [0.29, 0.717) is 6.42 Å². The normalized spacial score (nSPS) is 22.7. The fourth-order valence-electron chi connectivity index (χ4n) is 1.61. The molecular formula is C8H12N4O4S. The van der Waals surface area contributed by atoms with Gasteiger partial charge in [0.25, 0.3) is 11.7 Å². The number of sulfone groups is 1. The van der Waals surface area contributed by atoms with Gasteiger partial charge < -0.3 is 15.6 Å². The second kappa shape index (κ2) is 4.41. The lowest BCUT2D eigenvalue weighted by atomic mass is 10.3. The molecule has 3 N–H and O–H groups in total. The fourth-order valence-corrected chi connectivity index (χ4v) is 3.32. The third-order valence-corrected chi connectivity index (χ3v) is 4.23. The van der Waals surface area contributed by atoms with Crippen LogP contribution in [0.1, 0.15) is 22.9 Å². The Morgan fingerprint density at radius 3 is 2.88 bits per heavy atom. The van der Waals surface area contributed by atoms with Crippen molar-refractivity contribution in [1.29, 1.82) is 0 Å². The standard InChI is InChI=1S/C8H12N4O4S/c9-7(13)8-11-6(16-12-8)3-10-5-1-2-17(14,15)4-5/h5,10H,1-4H2,(H2,9,13). The molecule has 9 heteroatoms. The first kappa shape index (κ1) is 12.0. The van der Waals surface area contributed by atoms with Gasteiger partial charge in [-0.25, -0.2) is 8.42 Å². The number of hydrogen-bond acceptors (Lipinski definition) is 7. The van der Waals surface area contributed by atoms with Crippen molar-refractivity contribution in [2.24, 2.45) is 5.73 Å². The van der Waals surface area contributed by atoms with E-state index in [4.69, 9.17) is 10.3 Å². The van der Waals surface area contributed by atoms with Gasteiger partial charge in [0.1, 0.15) is 0 Å². The van der Waals surface area contributed by atoms with Crippen LogP contribution in [0.5, 0.6) is 0 Å². The Labute approximate surface area is 97.5 Å². The molecular weight excluding hydrogens is 248 g/mol. The average molecular weight is 260 g/mol. The molecule has 94 valence electrons. The zero-order valence-electron chi connectivity index (χ0n) is 8.92. The lowest BCUT2D eigenvalue weighted by Crippen LogP contribution is -2.29. The molecule has 0 aliphatic carbocycles. The van der Waals surface area contributed by atoms with E-state index in [2.05, 4.69) is 15.5 Å². The molecule has 8 nitrogen and oxygen atoms in total. The summed E-state index contributed by atoms with van der Waals surface area (Å²) in [5.74, 6) is -0.419. The highest BCUT2D eigenvalue weighted by Crippen LogP contribution is 2.11. The van der Waals surface area contributed by atoms with E-state index in [1.165, 1.54) is 0 Å². The molecule has 1 aliphatic rings. The highest BCUT2D eigenvalue weighted by molar-refractivity contribution is 7.91. The van der Waals surface area contributed by atoms with Crippen LogP contribution in [0.2, 0.25) is 0 Å². The Bertz CT molecular complexity index is 523. The van der Waals surface area contributed by atoms with Gasteiger partial charge in [0.2, 0.25) is 5.89 Å². The van der Waals surface area contributed by atoms with Crippen LogP contribution in [-0.2, 0) is 16.4 Å². The van der Waals surface area contributed by atoms with Gasteiger partial charge in [-0.2, -0.15) is 4.98 Å². The predicted molar refractivity (Wildman–Crippen MR) is 56.7 cm³/mol. The minimum Gasteiger partial charge on any atom is -0.363 e. The molecule has 2 rings (SSSR count). The van der Waals surface area contributed by atoms with Gasteiger partial charge in [-0.1, -0.05) is 5.16 Å². The van der Waals surface area contributed by atoms with Crippen LogP contribution in [0.25, 0.3) is 0 Å². The van der Waals surface area contributed by atoms with Crippen molar-refractivity contribution in [3.8, 4) is 0 Å². The van der Waals surface area contributed by atoms with E-state index in [0.717, 1.165) is 0 Å². The number of carbonyl (C=O) groups excluding carboxylic acids is 1. The molecule has 0 bridgehead atoms. The van der Waals surface area contributed by atoms with E-state index in [9.17, 15) is 13.2 Å². The van der Waals surface area contributed by atoms with Crippen LogP contribution in [0.3, 0.4) is 0 Å². The lowest BCUT2D eigenvalue weighted by Gasteiger charge is -2.06. The summed E-state index contributed by atoms with van der Waals surface area (Å²) in [6, 6.07) is -0.107. The first-order chi connectivity index (χ1) is 7.96. The van der Waals surface area contributed by atoms with Gasteiger partial charge >= 0.3 is 0 Å². The number of nitrogens with one attached hydrogen (secondary N) is 1. The second-order valence-electron chi connectivity index (χ2n) is 3.86. The highest BCUT2D eigenvalue weighted by atomic mass is 32.2. The number of carbonyl (C=O) groups is 1. The lowest BCUT2D eigenvalue weighted by molar-refractivity contribution is 0.0987. The van der Waals surface area contributed by atoms with E-state index in [-0.39, 0.29) is 35.8 Å². The van der Waals surface area contributed by atoms with Crippen molar-refractivity contribution < 1.29 is 17.7 Å². The Kier molecular flexibility index (Phi) is 3.11. The number of rotatable bonds is 4. The molecule has 1 aromatic rings. The first-order valence-corrected chi connectivity index (χ1v) is 6.84. The SMILES string of the molecule is NC(=O)c1noc(CNC2CCS(=O)(=O)C2)n1. The van der Waals surface area contributed by atoms with Crippen LogP contribution >= 0.6 is 0 Å². The van der Waals surface area contributed by atoms with Crippen LogP contribution in [0, 0.1) is 0 Å². The molecule has 1 amide bonds. The molecule has 0 radical (unpaired) electrons. The van der Waals surface area contributed by atoms with E-state index >= 15 is 0 Å². The largest absolute Gasteiger partial charge is 0.363 e. The quantitative estimate of drug-likeness (QED) is 0.670. The summed E-state index contributed by atoms with van der Waals surface area (Å²) in [5, 5.41) is 6.35. The van der Waals surface area contributed by atoms with E-state index < -0.39 is 15.7 Å². The smallest absolute Gasteiger partial charge is 0.290 e. The maximum Gasteiger partial charge on any atom is 0.290 e. The van der Waals surface area contributed by atoms with Crippen molar-refractivity contribution in [2.75, 3.05) is 11.5 Å². The zero-order chi connectivity index (χ0) is 12.5. The van der Waals surface area contributed by atoms with Crippen molar-refractivity contribution in [3.63, 3.8) is 0 Å². The number of nitrogens with two attached hydrogens (primary N) is 1. The number of aromatic nitrogens is 2. The van der Waals surface area contributed by atoms with Crippen LogP contribution in [0.4, 0.5) is 0 Å². The number of nitrogens with zero attached hydrogens (tertiary/aromatic N) is 2. The molecule has 1 saturated heterocycles. The molecule has 1 fully saturated rings. The maximum absolute atomic E-state index is 11.2. The molecule has 1 aliphatic heterocycles. The van der Waals surface area contributed by atoms with Crippen LogP contribution in [-0.4, -0.2) is 42.0 Å². The van der Waals surface area contributed by atoms with Gasteiger partial charge in [0.15, 0.2) is 9.84 Å². The first-order valence-electron chi connectivity index (χ1n) is 5.02. The summed E-state index contributed by atoms with van der Waals surface area (Å²) in [6.45, 7) is 0.223. The summed E-state index contributed by atoms with van der Waals surface area (Å²) >= 11 is 0. The van der Waals surface area contributed by atoms with Gasteiger partial charge in [-0.05, 0) is 6.42 Å². The molecule has 1 unspecified atom stereocenters. The third kappa shape index (κ3) is 3.01. The van der Waals surface area contributed by atoms with Gasteiger partial charge in [-0.15, -0.1) is 0 Å². The highest BCUT2D eigenvalue weighted by Gasteiger charge is 2.27. The predicted octanol–water partition coefficient (Wildman–Crippen LogP) is -1.55. The molecule has 1 atom stereocenters. The second-order valence-corrected chi connectivity index (χ2v) is 6.09. The van der Waals surface area contributed by atoms with Crippen LogP contribution in [0.15, 0.2) is 4.52 Å². The Morgan fingerprint density at radius 1 is 1.59 bits per heavy atom. The van der Waals surface area contributed by atoms with Crippen molar-refractivity contribution in [1.82, 2.24) is 15.5 Å². The number of hydrogen-bond donors (Lipinski definition) is 2. The minimum atomic E-state index is -2.91. The van der Waals surface area contributed by atoms with Crippen molar-refractivity contribution in [2.45, 2.75) is 19.0 Å². The Morgan fingerprint density at radius 2 is 2.35 bits per heavy atom. The van der Waals surface area contributed by atoms with Gasteiger partial charge in [-0.3, -0.25) is 4.79 Å². The summed E-state index contributed by atoms with van der Waals surface area (Å²) in [7, 11) is -2.91. The third-order valence-electron chi connectivity index (χ3n) is 2.46. The van der Waals surface area contributed by atoms with Gasteiger partial charge in [0, 0.05) is 6.04 Å². The Balaban J connectivity index is 1.88. The number of primary amides is 1. The molecule has 0 saturated carbocycles. The Hall–Kier alpha value is -1.48. The molecule has 2 heterocycles. The summed E-state index contributed by atoms with van der Waals surface area (Å²) < 4.78 is 27.2. The van der Waals surface area contributed by atoms with E-state index in [1.807, 2.05) is 0 Å². The topological polar surface area (TPSA) is 128 Å². The summed E-state index contributed by atoms with van der Waals surface area (Å²) in [6.07, 6.45) is 0.569. The van der Waals surface area contributed by atoms with Gasteiger partial charge in [0.05, 0.1) is 18.1 Å². The zero-order valence-corrected chi connectivity index (χ0v) is 9.74. The van der Waals surface area contributed by atoms with E-state index in [1.54, 1.807) is 0 Å². The maximum atomic E-state index is 11.2. The van der Waals surface area contributed by atoms with Crippen molar-refractivity contribution in [3.05, 3.63) is 11.7 Å². The molecule has 17 heavy (non-hydrogen) atoms. The molecule has 0 spiro atoms. The average Bonchev–Trinajstić information content (AvgIpc) is 2.81. The van der Waals surface area contributed by atoms with Crippen LogP contribution < -0.4 is 11.1 Å². The fraction of sp³-hybridized carbons (Fsp3) is 0.625. The molecule has 0 aromatic carbocycles. The molecule has 1 aromatic heterocycles. The minimum absolute atomic E-state index is 0.107. The van der Waals surface area contributed by atoms with Crippen molar-refractivity contribution >= 4 is 15.7 Å². The number of amides is 1. The summed E-state index contributed by atoms with van der Waals surface area (Å²) in [5.41, 5.74) is 4.96. The summed E-state index contributed by atoms with van der Waals surface area (Å²) in [4.78, 5) is 14.4. The monoisotopic (exact) mass is 260 g/mol.